The van der Waals surface area contributed by atoms with Crippen molar-refractivity contribution in [2.45, 2.75) is 121 Å². The summed E-state index contributed by atoms with van der Waals surface area (Å²) in [5.74, 6) is -1.52. The van der Waals surface area contributed by atoms with Gasteiger partial charge in [0.1, 0.15) is 6.10 Å². The van der Waals surface area contributed by atoms with E-state index in [9.17, 15) is 30.6 Å². The fourth-order valence-electron chi connectivity index (χ4n) is 13.0. The molecule has 2 aliphatic heterocycles. The second-order valence-corrected chi connectivity index (χ2v) is 18.5. The summed E-state index contributed by atoms with van der Waals surface area (Å²) in [6, 6.07) is 0. The highest BCUT2D eigenvalue weighted by molar-refractivity contribution is 6.01. The van der Waals surface area contributed by atoms with Crippen LogP contribution in [-0.4, -0.2) is 97.5 Å². The molecule has 52 heavy (non-hydrogen) atoms. The lowest BCUT2D eigenvalue weighted by Crippen LogP contribution is -2.72. The first-order valence-corrected chi connectivity index (χ1v) is 19.5. The minimum atomic E-state index is -1.64. The van der Waals surface area contributed by atoms with Crippen LogP contribution in [0.2, 0.25) is 0 Å². The predicted molar refractivity (Wildman–Crippen MR) is 194 cm³/mol. The van der Waals surface area contributed by atoms with E-state index in [0.717, 1.165) is 5.57 Å². The Bertz CT molecular complexity index is 1670. The minimum Gasteiger partial charge on any atom is -0.392 e. The van der Waals surface area contributed by atoms with Gasteiger partial charge in [0.25, 0.3) is 0 Å². The van der Waals surface area contributed by atoms with Crippen molar-refractivity contribution in [3.63, 3.8) is 0 Å². The van der Waals surface area contributed by atoms with Crippen molar-refractivity contribution in [3.8, 4) is 0 Å². The summed E-state index contributed by atoms with van der Waals surface area (Å²) in [7, 11) is 0. The van der Waals surface area contributed by atoms with Gasteiger partial charge >= 0.3 is 0 Å². The van der Waals surface area contributed by atoms with Gasteiger partial charge in [-0.05, 0) is 98.7 Å². The Balaban J connectivity index is 1.36. The van der Waals surface area contributed by atoms with Crippen LogP contribution in [0.15, 0.2) is 59.5 Å². The molecule has 2 heterocycles. The lowest BCUT2D eigenvalue weighted by atomic mass is 9.33. The summed E-state index contributed by atoms with van der Waals surface area (Å²) in [6.07, 6.45) is 11.4. The summed E-state index contributed by atoms with van der Waals surface area (Å²) in [4.78, 5) is 15.2. The highest BCUT2D eigenvalue weighted by atomic mass is 16.5. The Hall–Kier alpha value is -2.35. The Kier molecular flexibility index (Phi) is 8.33. The molecular formula is C41H59N3O8. The number of Topliss-reactive ketones (excluding diaryl/α,β-unsaturated/α-hetero) is 1. The Labute approximate surface area is 306 Å². The number of allylic oxidation sites excluding steroid dienone is 7. The highest BCUT2D eigenvalue weighted by Gasteiger charge is 2.79. The Morgan fingerprint density at radius 2 is 1.88 bits per heavy atom. The molecule has 1 saturated heterocycles. The number of rotatable bonds is 7. The molecule has 0 aromatic carbocycles. The van der Waals surface area contributed by atoms with Gasteiger partial charge in [-0.3, -0.25) is 4.79 Å². The molecule has 9 rings (SSSR count). The van der Waals surface area contributed by atoms with Gasteiger partial charge in [0, 0.05) is 41.5 Å². The molecule has 11 nitrogen and oxygen atoms in total. The van der Waals surface area contributed by atoms with E-state index < -0.39 is 75.2 Å². The minimum absolute atomic E-state index is 0.0257. The Morgan fingerprint density at radius 3 is 2.54 bits per heavy atom. The van der Waals surface area contributed by atoms with Gasteiger partial charge in [-0.15, -0.1) is 0 Å². The zero-order valence-corrected chi connectivity index (χ0v) is 31.1. The van der Waals surface area contributed by atoms with E-state index in [4.69, 9.17) is 10.5 Å². The highest BCUT2D eigenvalue weighted by Crippen LogP contribution is 2.80. The lowest BCUT2D eigenvalue weighted by molar-refractivity contribution is -0.213. The van der Waals surface area contributed by atoms with Crippen molar-refractivity contribution in [1.82, 2.24) is 10.6 Å². The quantitative estimate of drug-likeness (QED) is 0.174. The lowest BCUT2D eigenvalue weighted by Gasteiger charge is -2.71. The molecule has 7 aliphatic carbocycles. The fourth-order valence-corrected chi connectivity index (χ4v) is 13.0. The average Bonchev–Trinajstić information content (AvgIpc) is 3.46. The maximum atomic E-state index is 15.2. The van der Waals surface area contributed by atoms with Gasteiger partial charge in [0.2, 0.25) is 0 Å². The van der Waals surface area contributed by atoms with Gasteiger partial charge in [0.15, 0.2) is 5.78 Å². The normalized spacial score (nSPS) is 51.1. The maximum Gasteiger partial charge on any atom is 0.182 e. The summed E-state index contributed by atoms with van der Waals surface area (Å²) in [5.41, 5.74) is 1.18. The van der Waals surface area contributed by atoms with Crippen molar-refractivity contribution in [3.05, 3.63) is 59.5 Å². The molecule has 0 amide bonds. The first-order valence-electron chi connectivity index (χ1n) is 19.5. The molecule has 1 unspecified atom stereocenters. The molecule has 17 atom stereocenters. The molecule has 0 aromatic heterocycles. The largest absolute Gasteiger partial charge is 0.392 e. The van der Waals surface area contributed by atoms with Crippen molar-refractivity contribution in [2.24, 2.45) is 57.0 Å². The van der Waals surface area contributed by atoms with E-state index in [0.29, 0.717) is 31.4 Å². The fraction of sp³-hybridized carbons (Fsp3) is 0.732. The number of aliphatic hydroxyl groups is 6. The summed E-state index contributed by atoms with van der Waals surface area (Å²) >= 11 is 0. The average molecular weight is 722 g/mol. The van der Waals surface area contributed by atoms with Gasteiger partial charge in [-0.2, -0.15) is 0 Å². The third-order valence-corrected chi connectivity index (χ3v) is 15.8. The van der Waals surface area contributed by atoms with Crippen molar-refractivity contribution < 1.29 is 40.2 Å². The van der Waals surface area contributed by atoms with Crippen molar-refractivity contribution in [1.29, 1.82) is 0 Å². The van der Waals surface area contributed by atoms with Crippen LogP contribution in [-0.2, 0) is 9.53 Å². The molecule has 2 spiro atoms. The molecule has 4 fully saturated rings. The number of dihydropyridines is 1. The van der Waals surface area contributed by atoms with Gasteiger partial charge in [-0.25, -0.2) is 0 Å². The first-order chi connectivity index (χ1) is 24.4. The summed E-state index contributed by atoms with van der Waals surface area (Å²) in [5, 5.41) is 78.0. The number of carbonyl (C=O) groups is 1. The predicted octanol–water partition coefficient (Wildman–Crippen LogP) is 1.69. The number of hydrogen-bond donors (Lipinski definition) is 9. The summed E-state index contributed by atoms with van der Waals surface area (Å²) in [6.45, 7) is 10.0. The molecule has 286 valence electrons. The molecule has 11 heteroatoms. The number of aliphatic hydroxyl groups excluding tert-OH is 4. The smallest absolute Gasteiger partial charge is 0.182 e. The number of nitrogens with two attached hydrogens (primary N) is 1. The molecule has 2 bridgehead atoms. The SMILES string of the molecule is C[C@@H]1[C@H]([C@@H](O)[C@](C)(O)[C@H]2CC[C@@]3(O)C4=C(NC[C@H](C)O)C(=O)[C@@H]5C[C@@H](O)[C@@H](O)C[C@@]56C[C@@]5(C7=CNC(N)C=C7)C=C[C@@H](C[C@]23C)[C@@]46C=C5)OC[C@H]1C. The first kappa shape index (κ1) is 36.6. The van der Waals surface area contributed by atoms with Crippen molar-refractivity contribution in [2.75, 3.05) is 13.2 Å². The van der Waals surface area contributed by atoms with E-state index in [1.54, 1.807) is 13.8 Å². The van der Waals surface area contributed by atoms with Crippen LogP contribution >= 0.6 is 0 Å². The maximum absolute atomic E-state index is 15.2. The molecule has 0 aromatic rings. The molecule has 0 radical (unpaired) electrons. The third-order valence-electron chi connectivity index (χ3n) is 15.8. The van der Waals surface area contributed by atoms with Crippen LogP contribution in [0.1, 0.15) is 73.1 Å². The van der Waals surface area contributed by atoms with E-state index in [2.05, 4.69) is 41.9 Å². The molecule has 10 N–H and O–H groups in total. The van der Waals surface area contributed by atoms with E-state index in [1.165, 1.54) is 0 Å². The van der Waals surface area contributed by atoms with Gasteiger partial charge in [0.05, 0.1) is 47.5 Å². The summed E-state index contributed by atoms with van der Waals surface area (Å²) < 4.78 is 6.08. The topological polar surface area (TPSA) is 198 Å². The Morgan fingerprint density at radius 1 is 1.13 bits per heavy atom. The van der Waals surface area contributed by atoms with Crippen LogP contribution in [0.3, 0.4) is 0 Å². The van der Waals surface area contributed by atoms with E-state index in [1.807, 2.05) is 32.2 Å². The molecule has 9 aliphatic rings. The zero-order valence-electron chi connectivity index (χ0n) is 31.1. The van der Waals surface area contributed by atoms with E-state index >= 15 is 4.79 Å². The van der Waals surface area contributed by atoms with Crippen LogP contribution in [0.5, 0.6) is 0 Å². The molecule has 3 saturated carbocycles. The third kappa shape index (κ3) is 4.57. The number of hydrogen-bond acceptors (Lipinski definition) is 11. The van der Waals surface area contributed by atoms with Gasteiger partial charge < -0.3 is 51.7 Å². The van der Waals surface area contributed by atoms with Crippen LogP contribution in [0.25, 0.3) is 0 Å². The van der Waals surface area contributed by atoms with Crippen molar-refractivity contribution >= 4 is 5.78 Å². The molecular weight excluding hydrogens is 662 g/mol. The second-order valence-electron chi connectivity index (χ2n) is 18.5. The monoisotopic (exact) mass is 721 g/mol. The number of fused-ring (bicyclic) bond motifs is 2. The number of carbonyl (C=O) groups excluding carboxylic acids is 1. The van der Waals surface area contributed by atoms with E-state index in [-0.39, 0.29) is 61.2 Å². The number of nitrogens with one attached hydrogen (secondary N) is 2. The number of ketones is 1. The standard InChI is InChI=1S/C41H59N3O8/c1-21-19-52-33(23(21)3)35(49)37(5,50)29-9-11-41(51)34-31(44-17-22(2)45)32(48)26-14-27(46)28(47)16-39(26)20-38(25-6-7-30(42)43-18-25)10-8-24(15-36(29,41)4)40(34,39)13-12-38/h6-8,10,12-13,18,21-24,26-30,33,35,43-47,49-51H,9,11,14-17,19-20,42H2,1-5H3/t21-,22+,23+,24+,26+,27-,28+,29+,30?,33-,35-,36-,37-,38-,39-,40+,41-/m1/s1. The van der Waals surface area contributed by atoms with Crippen LogP contribution in [0.4, 0.5) is 0 Å². The van der Waals surface area contributed by atoms with Crippen LogP contribution < -0.4 is 16.4 Å². The van der Waals surface area contributed by atoms with Gasteiger partial charge in [-0.1, -0.05) is 51.2 Å². The van der Waals surface area contributed by atoms with Crippen LogP contribution in [0, 0.1) is 51.2 Å². The zero-order chi connectivity index (χ0) is 37.4. The number of ether oxygens (including phenoxy) is 1. The second kappa shape index (κ2) is 11.8.